The van der Waals surface area contributed by atoms with E-state index in [1.54, 1.807) is 0 Å². The SMILES string of the molecule is C=CCn1nnc(CN)c1C(F)(F)F. The number of halogens is 3. The van der Waals surface area contributed by atoms with E-state index in [2.05, 4.69) is 16.9 Å². The number of allylic oxidation sites excluding steroid dienone is 1. The highest BCUT2D eigenvalue weighted by Gasteiger charge is 2.38. The molecule has 2 N–H and O–H groups in total. The summed E-state index contributed by atoms with van der Waals surface area (Å²) in [5.74, 6) is 0. The second kappa shape index (κ2) is 3.79. The van der Waals surface area contributed by atoms with Gasteiger partial charge in [0.25, 0.3) is 0 Å². The van der Waals surface area contributed by atoms with Gasteiger partial charge >= 0.3 is 6.18 Å². The molecular weight excluding hydrogens is 197 g/mol. The molecule has 0 fully saturated rings. The molecule has 0 radical (unpaired) electrons. The van der Waals surface area contributed by atoms with E-state index >= 15 is 0 Å². The zero-order valence-electron chi connectivity index (χ0n) is 7.25. The highest BCUT2D eigenvalue weighted by atomic mass is 19.4. The Balaban J connectivity index is 3.19. The average molecular weight is 206 g/mol. The van der Waals surface area contributed by atoms with Gasteiger partial charge in [0, 0.05) is 6.54 Å². The topological polar surface area (TPSA) is 56.7 Å². The number of nitrogens with zero attached hydrogens (tertiary/aromatic N) is 3. The minimum atomic E-state index is -4.48. The number of aromatic nitrogens is 3. The number of hydrogen-bond donors (Lipinski definition) is 1. The van der Waals surface area contributed by atoms with Crippen LogP contribution in [0.3, 0.4) is 0 Å². The van der Waals surface area contributed by atoms with Crippen LogP contribution in [0.2, 0.25) is 0 Å². The number of rotatable bonds is 3. The second-order valence-corrected chi connectivity index (χ2v) is 2.56. The van der Waals surface area contributed by atoms with E-state index in [9.17, 15) is 13.2 Å². The Kier molecular flexibility index (Phi) is 2.90. The fraction of sp³-hybridized carbons (Fsp3) is 0.429. The Morgan fingerprint density at radius 2 is 2.14 bits per heavy atom. The second-order valence-electron chi connectivity index (χ2n) is 2.56. The zero-order valence-corrected chi connectivity index (χ0v) is 7.25. The molecule has 1 rings (SSSR count). The van der Waals surface area contributed by atoms with Gasteiger partial charge in [-0.15, -0.1) is 11.7 Å². The molecule has 4 nitrogen and oxygen atoms in total. The predicted octanol–water partition coefficient (Wildman–Crippen LogP) is 0.942. The van der Waals surface area contributed by atoms with E-state index in [0.29, 0.717) is 0 Å². The minimum Gasteiger partial charge on any atom is -0.325 e. The Morgan fingerprint density at radius 1 is 1.50 bits per heavy atom. The summed E-state index contributed by atoms with van der Waals surface area (Å²) in [6.07, 6.45) is -3.18. The lowest BCUT2D eigenvalue weighted by molar-refractivity contribution is -0.144. The summed E-state index contributed by atoms with van der Waals surface area (Å²) in [6.45, 7) is 3.00. The van der Waals surface area contributed by atoms with Crippen LogP contribution in [-0.4, -0.2) is 15.0 Å². The molecule has 1 aromatic heterocycles. The molecule has 0 aliphatic heterocycles. The van der Waals surface area contributed by atoms with Crippen LogP contribution >= 0.6 is 0 Å². The normalized spacial score (nSPS) is 11.7. The number of alkyl halides is 3. The van der Waals surface area contributed by atoms with Crippen molar-refractivity contribution in [1.82, 2.24) is 15.0 Å². The molecule has 1 aromatic rings. The van der Waals surface area contributed by atoms with Crippen LogP contribution in [0.1, 0.15) is 11.4 Å². The van der Waals surface area contributed by atoms with Crippen LogP contribution in [0.4, 0.5) is 13.2 Å². The van der Waals surface area contributed by atoms with E-state index < -0.39 is 11.9 Å². The summed E-state index contributed by atoms with van der Waals surface area (Å²) in [5.41, 5.74) is 3.96. The van der Waals surface area contributed by atoms with E-state index in [1.165, 1.54) is 6.08 Å². The van der Waals surface area contributed by atoms with Crippen molar-refractivity contribution in [3.63, 3.8) is 0 Å². The summed E-state index contributed by atoms with van der Waals surface area (Å²) < 4.78 is 38.1. The first-order chi connectivity index (χ1) is 6.50. The van der Waals surface area contributed by atoms with Crippen molar-refractivity contribution < 1.29 is 13.2 Å². The molecule has 7 heteroatoms. The van der Waals surface area contributed by atoms with Crippen LogP contribution in [0, 0.1) is 0 Å². The lowest BCUT2D eigenvalue weighted by atomic mass is 10.3. The Labute approximate surface area is 78.2 Å². The summed E-state index contributed by atoms with van der Waals surface area (Å²) in [6, 6.07) is 0. The largest absolute Gasteiger partial charge is 0.434 e. The van der Waals surface area contributed by atoms with Gasteiger partial charge in [0.1, 0.15) is 5.69 Å². The third-order valence-corrected chi connectivity index (χ3v) is 1.57. The van der Waals surface area contributed by atoms with E-state index in [-0.39, 0.29) is 18.8 Å². The molecule has 78 valence electrons. The summed E-state index contributed by atoms with van der Waals surface area (Å²) >= 11 is 0. The van der Waals surface area contributed by atoms with Crippen molar-refractivity contribution in [2.24, 2.45) is 5.73 Å². The minimum absolute atomic E-state index is 0.0398. The highest BCUT2D eigenvalue weighted by molar-refractivity contribution is 5.14. The van der Waals surface area contributed by atoms with Gasteiger partial charge in [0.2, 0.25) is 0 Å². The van der Waals surface area contributed by atoms with Gasteiger partial charge in [0.15, 0.2) is 5.69 Å². The fourth-order valence-corrected chi connectivity index (χ4v) is 1.05. The van der Waals surface area contributed by atoms with Gasteiger partial charge in [-0.1, -0.05) is 11.3 Å². The first kappa shape index (κ1) is 10.7. The molecule has 0 saturated heterocycles. The van der Waals surface area contributed by atoms with Crippen LogP contribution in [0.15, 0.2) is 12.7 Å². The van der Waals surface area contributed by atoms with Crippen molar-refractivity contribution in [1.29, 1.82) is 0 Å². The van der Waals surface area contributed by atoms with Crippen molar-refractivity contribution in [2.75, 3.05) is 0 Å². The van der Waals surface area contributed by atoms with E-state index in [0.717, 1.165) is 4.68 Å². The van der Waals surface area contributed by atoms with Gasteiger partial charge in [-0.3, -0.25) is 0 Å². The highest BCUT2D eigenvalue weighted by Crippen LogP contribution is 2.30. The zero-order chi connectivity index (χ0) is 10.8. The number of nitrogens with two attached hydrogens (primary N) is 1. The lowest BCUT2D eigenvalue weighted by Gasteiger charge is -2.08. The Hall–Kier alpha value is -1.37. The molecule has 0 atom stereocenters. The molecule has 0 spiro atoms. The van der Waals surface area contributed by atoms with E-state index in [1.807, 2.05) is 0 Å². The molecular formula is C7H9F3N4. The van der Waals surface area contributed by atoms with Crippen molar-refractivity contribution in [3.05, 3.63) is 24.0 Å². The number of hydrogen-bond acceptors (Lipinski definition) is 3. The van der Waals surface area contributed by atoms with Gasteiger partial charge in [0.05, 0.1) is 6.54 Å². The average Bonchev–Trinajstić information content (AvgIpc) is 2.47. The Morgan fingerprint density at radius 3 is 2.57 bits per heavy atom. The first-order valence-electron chi connectivity index (χ1n) is 3.81. The lowest BCUT2D eigenvalue weighted by Crippen LogP contribution is -2.17. The maximum atomic E-state index is 12.5. The summed E-state index contributed by atoms with van der Waals surface area (Å²) in [5, 5.41) is 6.68. The van der Waals surface area contributed by atoms with Gasteiger partial charge in [-0.25, -0.2) is 4.68 Å². The summed E-state index contributed by atoms with van der Waals surface area (Å²) in [7, 11) is 0. The van der Waals surface area contributed by atoms with E-state index in [4.69, 9.17) is 5.73 Å². The van der Waals surface area contributed by atoms with Crippen LogP contribution in [-0.2, 0) is 19.3 Å². The fourth-order valence-electron chi connectivity index (χ4n) is 1.05. The van der Waals surface area contributed by atoms with Crippen molar-refractivity contribution in [3.8, 4) is 0 Å². The van der Waals surface area contributed by atoms with Crippen LogP contribution in [0.25, 0.3) is 0 Å². The molecule has 14 heavy (non-hydrogen) atoms. The molecule has 1 heterocycles. The first-order valence-corrected chi connectivity index (χ1v) is 3.81. The summed E-state index contributed by atoms with van der Waals surface area (Å²) in [4.78, 5) is 0. The maximum Gasteiger partial charge on any atom is 0.434 e. The standard InChI is InChI=1S/C7H9F3N4/c1-2-3-14-6(7(8,9)10)5(4-11)12-13-14/h2H,1,3-4,11H2. The van der Waals surface area contributed by atoms with Crippen molar-refractivity contribution >= 4 is 0 Å². The van der Waals surface area contributed by atoms with Crippen molar-refractivity contribution in [2.45, 2.75) is 19.3 Å². The maximum absolute atomic E-state index is 12.5. The smallest absolute Gasteiger partial charge is 0.325 e. The molecule has 0 aliphatic carbocycles. The van der Waals surface area contributed by atoms with Gasteiger partial charge in [-0.2, -0.15) is 13.2 Å². The third-order valence-electron chi connectivity index (χ3n) is 1.57. The predicted molar refractivity (Wildman–Crippen MR) is 43.1 cm³/mol. The third kappa shape index (κ3) is 1.92. The quantitative estimate of drug-likeness (QED) is 0.749. The van der Waals surface area contributed by atoms with Gasteiger partial charge < -0.3 is 5.73 Å². The molecule has 0 bridgehead atoms. The van der Waals surface area contributed by atoms with Gasteiger partial charge in [-0.05, 0) is 0 Å². The molecule has 0 saturated carbocycles. The molecule has 0 aliphatic rings. The molecule has 0 amide bonds. The van der Waals surface area contributed by atoms with Crippen LogP contribution in [0.5, 0.6) is 0 Å². The monoisotopic (exact) mass is 206 g/mol. The van der Waals surface area contributed by atoms with Crippen LogP contribution < -0.4 is 5.73 Å². The molecule has 0 unspecified atom stereocenters. The molecule has 0 aromatic carbocycles. The Bertz CT molecular complexity index is 328.